The Morgan fingerprint density at radius 1 is 1.26 bits per heavy atom. The van der Waals surface area contributed by atoms with E-state index in [0.29, 0.717) is 18.5 Å². The average molecular weight is 417 g/mol. The molecule has 0 amide bonds. The molecule has 1 aliphatic rings. The van der Waals surface area contributed by atoms with Crippen molar-refractivity contribution < 1.29 is 9.90 Å². The zero-order valence-corrected chi connectivity index (χ0v) is 17.2. The number of nitrogens with zero attached hydrogens (tertiary/aromatic N) is 6. The van der Waals surface area contributed by atoms with Crippen LogP contribution >= 0.6 is 0 Å². The van der Waals surface area contributed by atoms with Gasteiger partial charge in [-0.1, -0.05) is 12.1 Å². The first-order chi connectivity index (χ1) is 15.0. The number of hydrogen-bond donors (Lipinski definition) is 2. The molecule has 9 nitrogen and oxygen atoms in total. The number of piperidine rings is 1. The fraction of sp³-hybridized carbons (Fsp3) is 0.318. The van der Waals surface area contributed by atoms with Gasteiger partial charge in [-0.15, -0.1) is 0 Å². The lowest BCUT2D eigenvalue weighted by Crippen LogP contribution is -2.34. The minimum Gasteiger partial charge on any atom is -0.478 e. The normalized spacial score (nSPS) is 14.8. The van der Waals surface area contributed by atoms with Crippen LogP contribution in [0.15, 0.2) is 42.9 Å². The summed E-state index contributed by atoms with van der Waals surface area (Å²) in [6.45, 7) is 4.18. The largest absolute Gasteiger partial charge is 0.478 e. The van der Waals surface area contributed by atoms with Gasteiger partial charge >= 0.3 is 5.97 Å². The summed E-state index contributed by atoms with van der Waals surface area (Å²) in [5.74, 6) is -0.507. The molecule has 3 aromatic rings. The molecule has 0 bridgehead atoms. The zero-order chi connectivity index (χ0) is 21.8. The molecule has 9 heteroatoms. The maximum Gasteiger partial charge on any atom is 0.335 e. The molecule has 2 N–H and O–H groups in total. The van der Waals surface area contributed by atoms with Gasteiger partial charge in [-0.3, -0.25) is 9.58 Å². The van der Waals surface area contributed by atoms with Gasteiger partial charge in [-0.25, -0.2) is 14.8 Å². The molecule has 3 heterocycles. The monoisotopic (exact) mass is 417 g/mol. The molecule has 0 radical (unpaired) electrons. The van der Waals surface area contributed by atoms with Crippen LogP contribution in [-0.2, 0) is 0 Å². The summed E-state index contributed by atoms with van der Waals surface area (Å²) in [6, 6.07) is 9.15. The number of benzene rings is 1. The number of rotatable bonds is 6. The first-order valence-corrected chi connectivity index (χ1v) is 10.1. The predicted molar refractivity (Wildman–Crippen MR) is 115 cm³/mol. The Hall–Kier alpha value is -3.77. The summed E-state index contributed by atoms with van der Waals surface area (Å²) in [6.07, 6.45) is 7.37. The van der Waals surface area contributed by atoms with Gasteiger partial charge < -0.3 is 10.4 Å². The topological polar surface area (TPSA) is 120 Å². The minimum atomic E-state index is -0.957. The van der Waals surface area contributed by atoms with Gasteiger partial charge in [0.15, 0.2) is 0 Å². The molecule has 1 aromatic carbocycles. The maximum absolute atomic E-state index is 11.1. The molecule has 0 spiro atoms. The van der Waals surface area contributed by atoms with Crippen molar-refractivity contribution >= 4 is 17.6 Å². The molecular formula is C22H23N7O2. The van der Waals surface area contributed by atoms with E-state index in [1.54, 1.807) is 36.7 Å². The molecule has 0 saturated carbocycles. The molecule has 2 aromatic heterocycles. The minimum absolute atomic E-state index is 0.236. The van der Waals surface area contributed by atoms with Crippen molar-refractivity contribution in [2.75, 3.05) is 25.0 Å². The number of carboxylic acid groups (broad SMARTS) is 1. The Labute approximate surface area is 180 Å². The van der Waals surface area contributed by atoms with Crippen molar-refractivity contribution in [3.8, 4) is 17.3 Å². The summed E-state index contributed by atoms with van der Waals surface area (Å²) in [5, 5.41) is 25.6. The number of nitriles is 1. The molecule has 0 aliphatic carbocycles. The van der Waals surface area contributed by atoms with Crippen LogP contribution in [0.4, 0.5) is 11.6 Å². The first kappa shape index (κ1) is 20.5. The van der Waals surface area contributed by atoms with Gasteiger partial charge in [-0.05, 0) is 37.5 Å². The second-order valence-electron chi connectivity index (χ2n) is 7.61. The SMILES string of the molecule is Cc1cnc(Nc2cnn(C3CCN(CC#N)CC3)c2)nc1-c1ccc(C(=O)O)cc1. The molecule has 1 aliphatic heterocycles. The van der Waals surface area contributed by atoms with Crippen LogP contribution < -0.4 is 5.32 Å². The number of carbonyl (C=O) groups is 1. The number of aromatic carboxylic acids is 1. The average Bonchev–Trinajstić information content (AvgIpc) is 3.24. The number of anilines is 2. The lowest BCUT2D eigenvalue weighted by Gasteiger charge is -2.30. The zero-order valence-electron chi connectivity index (χ0n) is 17.2. The van der Waals surface area contributed by atoms with Crippen LogP contribution in [0.3, 0.4) is 0 Å². The summed E-state index contributed by atoms with van der Waals surface area (Å²) in [5.41, 5.74) is 3.50. The van der Waals surface area contributed by atoms with Crippen molar-refractivity contribution in [1.29, 1.82) is 5.26 Å². The highest BCUT2D eigenvalue weighted by atomic mass is 16.4. The molecule has 0 atom stereocenters. The molecule has 31 heavy (non-hydrogen) atoms. The highest BCUT2D eigenvalue weighted by Crippen LogP contribution is 2.25. The second kappa shape index (κ2) is 8.93. The molecule has 158 valence electrons. The van der Waals surface area contributed by atoms with Crippen LogP contribution in [0.5, 0.6) is 0 Å². The van der Waals surface area contributed by atoms with E-state index in [0.717, 1.165) is 48.4 Å². The second-order valence-corrected chi connectivity index (χ2v) is 7.61. The van der Waals surface area contributed by atoms with E-state index in [9.17, 15) is 4.79 Å². The smallest absolute Gasteiger partial charge is 0.335 e. The number of hydrogen-bond acceptors (Lipinski definition) is 7. The quantitative estimate of drug-likeness (QED) is 0.587. The summed E-state index contributed by atoms with van der Waals surface area (Å²) in [4.78, 5) is 22.2. The lowest BCUT2D eigenvalue weighted by molar-refractivity contribution is 0.0697. The molecule has 4 rings (SSSR count). The number of carboxylic acids is 1. The van der Waals surface area contributed by atoms with E-state index in [-0.39, 0.29) is 5.56 Å². The van der Waals surface area contributed by atoms with Gasteiger partial charge in [0.05, 0.1) is 41.8 Å². The van der Waals surface area contributed by atoms with Gasteiger partial charge in [0.1, 0.15) is 0 Å². The van der Waals surface area contributed by atoms with E-state index in [4.69, 9.17) is 10.4 Å². The third-order valence-corrected chi connectivity index (χ3v) is 5.46. The Morgan fingerprint density at radius 3 is 2.68 bits per heavy atom. The van der Waals surface area contributed by atoms with E-state index in [1.165, 1.54) is 0 Å². The molecular weight excluding hydrogens is 394 g/mol. The Balaban J connectivity index is 1.46. The van der Waals surface area contributed by atoms with Crippen molar-refractivity contribution in [3.63, 3.8) is 0 Å². The fourth-order valence-electron chi connectivity index (χ4n) is 3.74. The standard InChI is InChI=1S/C22H23N7O2/c1-15-12-24-22(27-20(15)16-2-4-17(5-3-16)21(30)31)26-18-13-25-29(14-18)19-6-9-28(10-7-19)11-8-23/h2-5,12-14,19H,6-7,9-11H2,1H3,(H,30,31)(H,24,26,27). The Morgan fingerprint density at radius 2 is 2.00 bits per heavy atom. The van der Waals surface area contributed by atoms with Gasteiger partial charge in [0, 0.05) is 31.0 Å². The van der Waals surface area contributed by atoms with Gasteiger partial charge in [0.2, 0.25) is 5.95 Å². The number of aryl methyl sites for hydroxylation is 1. The summed E-state index contributed by atoms with van der Waals surface area (Å²) >= 11 is 0. The molecule has 1 saturated heterocycles. The van der Waals surface area contributed by atoms with Crippen molar-refractivity contribution in [2.24, 2.45) is 0 Å². The number of nitrogens with one attached hydrogen (secondary N) is 1. The van der Waals surface area contributed by atoms with Crippen LogP contribution in [0.2, 0.25) is 0 Å². The lowest BCUT2D eigenvalue weighted by atomic mass is 10.1. The van der Waals surface area contributed by atoms with Crippen LogP contribution in [-0.4, -0.2) is 55.4 Å². The van der Waals surface area contributed by atoms with Crippen molar-refractivity contribution in [1.82, 2.24) is 24.6 Å². The van der Waals surface area contributed by atoms with E-state index >= 15 is 0 Å². The molecule has 1 fully saturated rings. The summed E-state index contributed by atoms with van der Waals surface area (Å²) in [7, 11) is 0. The highest BCUT2D eigenvalue weighted by Gasteiger charge is 2.21. The van der Waals surface area contributed by atoms with Crippen LogP contribution in [0.1, 0.15) is 34.8 Å². The van der Waals surface area contributed by atoms with E-state index < -0.39 is 5.97 Å². The fourth-order valence-corrected chi connectivity index (χ4v) is 3.74. The van der Waals surface area contributed by atoms with Crippen LogP contribution in [0, 0.1) is 18.3 Å². The number of aromatic nitrogens is 4. The third kappa shape index (κ3) is 4.70. The van der Waals surface area contributed by atoms with Crippen LogP contribution in [0.25, 0.3) is 11.3 Å². The molecule has 0 unspecified atom stereocenters. The summed E-state index contributed by atoms with van der Waals surface area (Å²) < 4.78 is 1.96. The third-order valence-electron chi connectivity index (χ3n) is 5.46. The van der Waals surface area contributed by atoms with Crippen molar-refractivity contribution in [3.05, 3.63) is 54.0 Å². The first-order valence-electron chi connectivity index (χ1n) is 10.1. The van der Waals surface area contributed by atoms with Gasteiger partial charge in [-0.2, -0.15) is 10.4 Å². The van der Waals surface area contributed by atoms with Gasteiger partial charge in [0.25, 0.3) is 0 Å². The predicted octanol–water partition coefficient (Wildman–Crippen LogP) is 3.25. The highest BCUT2D eigenvalue weighted by molar-refractivity contribution is 5.88. The maximum atomic E-state index is 11.1. The Kier molecular flexibility index (Phi) is 5.91. The van der Waals surface area contributed by atoms with E-state index in [2.05, 4.69) is 31.4 Å². The van der Waals surface area contributed by atoms with E-state index in [1.807, 2.05) is 17.8 Å². The van der Waals surface area contributed by atoms with Crippen molar-refractivity contribution in [2.45, 2.75) is 25.8 Å². The number of likely N-dealkylation sites (tertiary alicyclic amines) is 1. The Bertz CT molecular complexity index is 1110.